The summed E-state index contributed by atoms with van der Waals surface area (Å²) in [7, 11) is -4.29. The second-order valence-corrected chi connectivity index (χ2v) is 6.24. The van der Waals surface area contributed by atoms with Crippen molar-refractivity contribution in [2.45, 2.75) is 12.8 Å². The van der Waals surface area contributed by atoms with Crippen LogP contribution in [0.1, 0.15) is 6.92 Å². The van der Waals surface area contributed by atoms with E-state index in [-0.39, 0.29) is 30.7 Å². The van der Waals surface area contributed by atoms with Crippen LogP contribution in [-0.4, -0.2) is 45.8 Å². The molecule has 118 valence electrons. The average molecular weight is 321 g/mol. The van der Waals surface area contributed by atoms with E-state index in [1.807, 2.05) is 0 Å². The number of hydrogen-bond donors (Lipinski definition) is 5. The van der Waals surface area contributed by atoms with Gasteiger partial charge in [-0.05, 0) is 6.92 Å². The molecule has 0 amide bonds. The SMILES string of the molecule is CC(OCOCN1CNc2c1nc(N)[nH]c2=O)P(=O)(O)O. The van der Waals surface area contributed by atoms with Gasteiger partial charge in [-0.15, -0.1) is 0 Å². The van der Waals surface area contributed by atoms with Crippen LogP contribution in [-0.2, 0) is 14.0 Å². The molecule has 0 radical (unpaired) electrons. The Bertz CT molecular complexity index is 615. The molecule has 0 saturated heterocycles. The maximum absolute atomic E-state index is 11.6. The summed E-state index contributed by atoms with van der Waals surface area (Å²) in [6.45, 7) is 1.25. The third-order valence-corrected chi connectivity index (χ3v) is 3.87. The molecular weight excluding hydrogens is 305 g/mol. The lowest BCUT2D eigenvalue weighted by molar-refractivity contribution is -0.0661. The first kappa shape index (κ1) is 15.7. The molecule has 11 nitrogen and oxygen atoms in total. The van der Waals surface area contributed by atoms with Crippen molar-refractivity contribution in [3.8, 4) is 0 Å². The van der Waals surface area contributed by atoms with Gasteiger partial charge in [-0.2, -0.15) is 4.98 Å². The zero-order valence-electron chi connectivity index (χ0n) is 11.1. The van der Waals surface area contributed by atoms with Crippen LogP contribution in [0.2, 0.25) is 0 Å². The van der Waals surface area contributed by atoms with Crippen LogP contribution in [0.15, 0.2) is 4.79 Å². The Labute approximate surface area is 119 Å². The van der Waals surface area contributed by atoms with Crippen LogP contribution in [0.4, 0.5) is 17.5 Å². The third kappa shape index (κ3) is 3.71. The van der Waals surface area contributed by atoms with Crippen molar-refractivity contribution < 1.29 is 23.8 Å². The van der Waals surface area contributed by atoms with Crippen molar-refractivity contribution in [2.75, 3.05) is 36.1 Å². The zero-order valence-corrected chi connectivity index (χ0v) is 12.0. The van der Waals surface area contributed by atoms with Gasteiger partial charge < -0.3 is 35.2 Å². The topological polar surface area (TPSA) is 163 Å². The summed E-state index contributed by atoms with van der Waals surface area (Å²) in [6.07, 6.45) is 0. The van der Waals surface area contributed by atoms with Crippen LogP contribution < -0.4 is 21.5 Å². The van der Waals surface area contributed by atoms with E-state index in [9.17, 15) is 9.36 Å². The number of H-pyrrole nitrogens is 1. The van der Waals surface area contributed by atoms with Crippen LogP contribution in [0, 0.1) is 0 Å². The molecule has 21 heavy (non-hydrogen) atoms. The molecule has 0 spiro atoms. The molecule has 1 unspecified atom stereocenters. The predicted octanol–water partition coefficient (Wildman–Crippen LogP) is -0.987. The minimum absolute atomic E-state index is 0.0150. The van der Waals surface area contributed by atoms with E-state index in [0.717, 1.165) is 0 Å². The van der Waals surface area contributed by atoms with E-state index < -0.39 is 13.4 Å². The molecule has 1 aliphatic rings. The Hall–Kier alpha value is -1.65. The fourth-order valence-electron chi connectivity index (χ4n) is 1.61. The van der Waals surface area contributed by atoms with Gasteiger partial charge in [0.2, 0.25) is 5.95 Å². The Morgan fingerprint density at radius 1 is 1.57 bits per heavy atom. The number of aromatic nitrogens is 2. The number of nitrogens with one attached hydrogen (secondary N) is 2. The van der Waals surface area contributed by atoms with Gasteiger partial charge in [0, 0.05) is 0 Å². The lowest BCUT2D eigenvalue weighted by Gasteiger charge is -2.18. The van der Waals surface area contributed by atoms with E-state index in [1.165, 1.54) is 6.92 Å². The number of fused-ring (bicyclic) bond motifs is 1. The zero-order chi connectivity index (χ0) is 15.6. The third-order valence-electron chi connectivity index (χ3n) is 2.78. The van der Waals surface area contributed by atoms with Crippen molar-refractivity contribution in [1.82, 2.24) is 9.97 Å². The molecule has 0 aromatic carbocycles. The smallest absolute Gasteiger partial charge is 0.353 e. The summed E-state index contributed by atoms with van der Waals surface area (Å²) in [5.41, 5.74) is 5.37. The van der Waals surface area contributed by atoms with E-state index >= 15 is 0 Å². The van der Waals surface area contributed by atoms with Gasteiger partial charge >= 0.3 is 7.60 Å². The van der Waals surface area contributed by atoms with Crippen LogP contribution in [0.5, 0.6) is 0 Å². The molecule has 0 aliphatic carbocycles. The summed E-state index contributed by atoms with van der Waals surface area (Å²) in [5.74, 6) is -0.920. The summed E-state index contributed by atoms with van der Waals surface area (Å²) >= 11 is 0. The van der Waals surface area contributed by atoms with Crippen LogP contribution in [0.25, 0.3) is 0 Å². The summed E-state index contributed by atoms with van der Waals surface area (Å²) in [5, 5.41) is 2.84. The van der Waals surface area contributed by atoms with Gasteiger partial charge in [0.1, 0.15) is 19.2 Å². The first-order valence-corrected chi connectivity index (χ1v) is 7.60. The highest BCUT2D eigenvalue weighted by molar-refractivity contribution is 7.52. The van der Waals surface area contributed by atoms with E-state index in [0.29, 0.717) is 12.5 Å². The Morgan fingerprint density at radius 2 is 2.29 bits per heavy atom. The maximum atomic E-state index is 11.6. The Morgan fingerprint density at radius 3 is 2.95 bits per heavy atom. The standard InChI is InChI=1S/C9H16N5O6P/c1-5(21(16,17)18)20-4-19-3-14-2-11-6-7(14)12-9(10)13-8(6)15/h5,11H,2-4H2,1H3,(H2,16,17,18)(H3,10,12,13,15). The number of nitrogens with zero attached hydrogens (tertiary/aromatic N) is 2. The molecule has 2 rings (SSSR count). The van der Waals surface area contributed by atoms with Gasteiger partial charge in [0.05, 0.1) is 6.67 Å². The van der Waals surface area contributed by atoms with Crippen molar-refractivity contribution in [2.24, 2.45) is 0 Å². The van der Waals surface area contributed by atoms with E-state index in [1.54, 1.807) is 4.90 Å². The number of nitrogens with two attached hydrogens (primary N) is 1. The maximum Gasteiger partial charge on any atom is 0.353 e. The van der Waals surface area contributed by atoms with Crippen molar-refractivity contribution in [1.29, 1.82) is 0 Å². The molecule has 1 atom stereocenters. The predicted molar refractivity (Wildman–Crippen MR) is 73.6 cm³/mol. The second kappa shape index (κ2) is 6.00. The molecule has 12 heteroatoms. The minimum Gasteiger partial charge on any atom is -0.369 e. The van der Waals surface area contributed by atoms with E-state index in [2.05, 4.69) is 15.3 Å². The molecule has 1 aliphatic heterocycles. The number of anilines is 3. The molecule has 6 N–H and O–H groups in total. The minimum atomic E-state index is -4.29. The Kier molecular flexibility index (Phi) is 4.49. The molecule has 0 saturated carbocycles. The lowest BCUT2D eigenvalue weighted by Crippen LogP contribution is -2.27. The highest BCUT2D eigenvalue weighted by Crippen LogP contribution is 2.41. The van der Waals surface area contributed by atoms with Gasteiger partial charge in [-0.3, -0.25) is 14.3 Å². The number of nitrogen functional groups attached to an aromatic ring is 1. The fourth-order valence-corrected chi connectivity index (χ4v) is 1.87. The Balaban J connectivity index is 1.88. The van der Waals surface area contributed by atoms with Gasteiger partial charge in [-0.1, -0.05) is 0 Å². The average Bonchev–Trinajstić information content (AvgIpc) is 2.76. The quantitative estimate of drug-likeness (QED) is 0.250. The number of ether oxygens (including phenoxy) is 2. The molecule has 0 bridgehead atoms. The molecule has 2 heterocycles. The second-order valence-electron chi connectivity index (χ2n) is 4.33. The normalized spacial score (nSPS) is 15.7. The van der Waals surface area contributed by atoms with Crippen molar-refractivity contribution >= 4 is 25.0 Å². The fraction of sp³-hybridized carbons (Fsp3) is 0.556. The monoisotopic (exact) mass is 321 g/mol. The first-order valence-electron chi connectivity index (χ1n) is 5.92. The summed E-state index contributed by atoms with van der Waals surface area (Å²) in [4.78, 5) is 37.2. The number of hydrogen-bond acceptors (Lipinski definition) is 8. The molecule has 1 aromatic rings. The molecular formula is C9H16N5O6P. The van der Waals surface area contributed by atoms with Crippen molar-refractivity contribution in [3.63, 3.8) is 0 Å². The highest BCUT2D eigenvalue weighted by Gasteiger charge is 2.26. The largest absolute Gasteiger partial charge is 0.369 e. The van der Waals surface area contributed by atoms with Crippen LogP contribution >= 0.6 is 7.60 Å². The molecule has 1 aromatic heterocycles. The summed E-state index contributed by atoms with van der Waals surface area (Å²) < 4.78 is 20.9. The van der Waals surface area contributed by atoms with Gasteiger partial charge in [0.15, 0.2) is 11.7 Å². The van der Waals surface area contributed by atoms with Crippen LogP contribution in [0.3, 0.4) is 0 Å². The highest BCUT2D eigenvalue weighted by atomic mass is 31.2. The van der Waals surface area contributed by atoms with E-state index in [4.69, 9.17) is 25.0 Å². The van der Waals surface area contributed by atoms with Gasteiger partial charge in [0.25, 0.3) is 5.56 Å². The van der Waals surface area contributed by atoms with Crippen molar-refractivity contribution in [3.05, 3.63) is 10.4 Å². The first-order chi connectivity index (χ1) is 9.79. The molecule has 0 fully saturated rings. The number of rotatable bonds is 6. The number of aromatic amines is 1. The summed E-state index contributed by atoms with van der Waals surface area (Å²) in [6, 6.07) is 0. The van der Waals surface area contributed by atoms with Gasteiger partial charge in [-0.25, -0.2) is 0 Å². The lowest BCUT2D eigenvalue weighted by atomic mass is 10.5.